The van der Waals surface area contributed by atoms with Crippen molar-refractivity contribution in [1.82, 2.24) is 9.97 Å². The Morgan fingerprint density at radius 2 is 2.04 bits per heavy atom. The number of thiazole rings is 1. The summed E-state index contributed by atoms with van der Waals surface area (Å²) >= 11 is 1.61. The Kier molecular flexibility index (Phi) is 5.77. The average molecular weight is 398 g/mol. The molecule has 2 aromatic heterocycles. The molecule has 4 rings (SSSR count). The van der Waals surface area contributed by atoms with Crippen LogP contribution >= 0.6 is 11.3 Å². The summed E-state index contributed by atoms with van der Waals surface area (Å²) in [4.78, 5) is 23.5. The third-order valence-electron chi connectivity index (χ3n) is 5.97. The molecule has 2 saturated carbocycles. The van der Waals surface area contributed by atoms with Gasteiger partial charge < -0.3 is 10.2 Å². The van der Waals surface area contributed by atoms with Crippen LogP contribution in [0.5, 0.6) is 0 Å². The SMILES string of the molecule is CN(CC1CCC(CCC#N)CC1)c1nc2ccnc(NC(=O)C3CC3)c2s1. The molecule has 0 bridgehead atoms. The summed E-state index contributed by atoms with van der Waals surface area (Å²) in [5.41, 5.74) is 0.896. The Hall–Kier alpha value is -2.20. The van der Waals surface area contributed by atoms with E-state index in [0.29, 0.717) is 18.2 Å². The van der Waals surface area contributed by atoms with E-state index >= 15 is 0 Å². The number of anilines is 2. The molecule has 7 heteroatoms. The molecule has 1 N–H and O–H groups in total. The van der Waals surface area contributed by atoms with Crippen molar-refractivity contribution in [3.05, 3.63) is 12.3 Å². The lowest BCUT2D eigenvalue weighted by molar-refractivity contribution is -0.117. The van der Waals surface area contributed by atoms with Crippen LogP contribution in [0.3, 0.4) is 0 Å². The number of nitrogens with zero attached hydrogens (tertiary/aromatic N) is 4. The maximum atomic E-state index is 12.1. The first-order chi connectivity index (χ1) is 13.6. The van der Waals surface area contributed by atoms with Crippen LogP contribution in [0.25, 0.3) is 10.2 Å². The van der Waals surface area contributed by atoms with Crippen molar-refractivity contribution in [1.29, 1.82) is 5.26 Å². The van der Waals surface area contributed by atoms with E-state index in [1.54, 1.807) is 17.5 Å². The van der Waals surface area contributed by atoms with Gasteiger partial charge in [-0.1, -0.05) is 24.2 Å². The third-order valence-corrected chi connectivity index (χ3v) is 7.16. The van der Waals surface area contributed by atoms with Crippen LogP contribution in [0.2, 0.25) is 0 Å². The maximum absolute atomic E-state index is 12.1. The fourth-order valence-corrected chi connectivity index (χ4v) is 5.07. The molecule has 2 aliphatic carbocycles. The smallest absolute Gasteiger partial charge is 0.228 e. The molecule has 1 amide bonds. The van der Waals surface area contributed by atoms with Crippen molar-refractivity contribution in [3.63, 3.8) is 0 Å². The highest BCUT2D eigenvalue weighted by molar-refractivity contribution is 7.22. The molecule has 2 fully saturated rings. The summed E-state index contributed by atoms with van der Waals surface area (Å²) in [5, 5.41) is 12.7. The minimum absolute atomic E-state index is 0.0801. The minimum Gasteiger partial charge on any atom is -0.351 e. The number of aromatic nitrogens is 2. The van der Waals surface area contributed by atoms with Gasteiger partial charge in [-0.25, -0.2) is 9.97 Å². The van der Waals surface area contributed by atoms with Crippen molar-refractivity contribution in [2.24, 2.45) is 17.8 Å². The van der Waals surface area contributed by atoms with Crippen LogP contribution in [0.4, 0.5) is 10.9 Å². The molecule has 0 saturated heterocycles. The van der Waals surface area contributed by atoms with E-state index in [2.05, 4.69) is 28.3 Å². The van der Waals surface area contributed by atoms with E-state index in [1.165, 1.54) is 25.7 Å². The second-order valence-corrected chi connectivity index (χ2v) is 9.21. The zero-order valence-corrected chi connectivity index (χ0v) is 17.2. The van der Waals surface area contributed by atoms with Gasteiger partial charge in [0.15, 0.2) is 10.9 Å². The second kappa shape index (κ2) is 8.44. The van der Waals surface area contributed by atoms with Crippen molar-refractivity contribution in [2.45, 2.75) is 51.4 Å². The van der Waals surface area contributed by atoms with Crippen LogP contribution in [0, 0.1) is 29.1 Å². The molecule has 0 unspecified atom stereocenters. The van der Waals surface area contributed by atoms with Gasteiger partial charge >= 0.3 is 0 Å². The quantitative estimate of drug-likeness (QED) is 0.739. The van der Waals surface area contributed by atoms with Crippen LogP contribution in [-0.4, -0.2) is 29.5 Å². The van der Waals surface area contributed by atoms with E-state index in [1.807, 2.05) is 6.07 Å². The van der Waals surface area contributed by atoms with Gasteiger partial charge in [-0.15, -0.1) is 0 Å². The number of fused-ring (bicyclic) bond motifs is 1. The number of rotatable bonds is 7. The third kappa shape index (κ3) is 4.44. The summed E-state index contributed by atoms with van der Waals surface area (Å²) in [6.07, 6.45) is 10.4. The van der Waals surface area contributed by atoms with E-state index in [-0.39, 0.29) is 11.8 Å². The number of pyridine rings is 1. The molecule has 0 aromatic carbocycles. The fourth-order valence-electron chi connectivity index (χ4n) is 4.10. The predicted molar refractivity (Wildman–Crippen MR) is 112 cm³/mol. The Bertz CT molecular complexity index is 877. The molecule has 2 aromatic rings. The number of carbonyl (C=O) groups is 1. The van der Waals surface area contributed by atoms with E-state index in [0.717, 1.165) is 47.1 Å². The van der Waals surface area contributed by atoms with Gasteiger partial charge in [-0.3, -0.25) is 4.79 Å². The number of amides is 1. The molecule has 2 aliphatic rings. The standard InChI is InChI=1S/C21H27N5OS/c1-26(13-15-6-4-14(5-7-15)3-2-11-22)21-24-17-10-12-23-19(18(17)28-21)25-20(27)16-8-9-16/h10,12,14-16H,2-9,13H2,1H3,(H,23,25,27). The minimum atomic E-state index is 0.0801. The molecule has 0 atom stereocenters. The van der Waals surface area contributed by atoms with Gasteiger partial charge in [0.2, 0.25) is 5.91 Å². The summed E-state index contributed by atoms with van der Waals surface area (Å²) in [6, 6.07) is 4.19. The lowest BCUT2D eigenvalue weighted by Crippen LogP contribution is -2.28. The Balaban J connectivity index is 1.38. The zero-order chi connectivity index (χ0) is 19.5. The fraction of sp³-hybridized carbons (Fsp3) is 0.619. The normalized spacial score (nSPS) is 22.0. The van der Waals surface area contributed by atoms with E-state index in [9.17, 15) is 4.79 Å². The first-order valence-electron chi connectivity index (χ1n) is 10.3. The summed E-state index contributed by atoms with van der Waals surface area (Å²) in [6.45, 7) is 1.00. The molecule has 2 heterocycles. The summed E-state index contributed by atoms with van der Waals surface area (Å²) < 4.78 is 0.957. The van der Waals surface area contributed by atoms with Crippen molar-refractivity contribution in [2.75, 3.05) is 23.8 Å². The molecular formula is C21H27N5OS. The van der Waals surface area contributed by atoms with Gasteiger partial charge in [0, 0.05) is 32.1 Å². The number of hydrogen-bond donors (Lipinski definition) is 1. The molecule has 0 aliphatic heterocycles. The van der Waals surface area contributed by atoms with E-state index < -0.39 is 0 Å². The highest BCUT2D eigenvalue weighted by Crippen LogP contribution is 2.36. The first kappa shape index (κ1) is 19.1. The van der Waals surface area contributed by atoms with Crippen LogP contribution in [-0.2, 0) is 4.79 Å². The molecule has 28 heavy (non-hydrogen) atoms. The Morgan fingerprint density at radius 3 is 2.75 bits per heavy atom. The van der Waals surface area contributed by atoms with Crippen LogP contribution in [0.15, 0.2) is 12.3 Å². The van der Waals surface area contributed by atoms with Crippen LogP contribution in [0.1, 0.15) is 51.4 Å². The van der Waals surface area contributed by atoms with Gasteiger partial charge in [0.05, 0.1) is 16.3 Å². The molecule has 0 radical (unpaired) electrons. The van der Waals surface area contributed by atoms with Gasteiger partial charge in [-0.2, -0.15) is 5.26 Å². The van der Waals surface area contributed by atoms with Crippen molar-refractivity contribution >= 4 is 38.4 Å². The highest BCUT2D eigenvalue weighted by Gasteiger charge is 2.30. The molecule has 0 spiro atoms. The first-order valence-corrected chi connectivity index (χ1v) is 11.1. The number of nitrogens with one attached hydrogen (secondary N) is 1. The summed E-state index contributed by atoms with van der Waals surface area (Å²) in [5.74, 6) is 2.30. The van der Waals surface area contributed by atoms with Gasteiger partial charge in [-0.05, 0) is 50.0 Å². The maximum Gasteiger partial charge on any atom is 0.228 e. The van der Waals surface area contributed by atoms with Gasteiger partial charge in [0.1, 0.15) is 0 Å². The topological polar surface area (TPSA) is 81.9 Å². The second-order valence-electron chi connectivity index (χ2n) is 8.23. The number of hydrogen-bond acceptors (Lipinski definition) is 6. The lowest BCUT2D eigenvalue weighted by atomic mass is 9.80. The number of carbonyl (C=O) groups excluding carboxylic acids is 1. The van der Waals surface area contributed by atoms with Crippen molar-refractivity contribution in [3.8, 4) is 6.07 Å². The molecular weight excluding hydrogens is 370 g/mol. The zero-order valence-electron chi connectivity index (χ0n) is 16.4. The van der Waals surface area contributed by atoms with E-state index in [4.69, 9.17) is 10.2 Å². The van der Waals surface area contributed by atoms with Crippen LogP contribution < -0.4 is 10.2 Å². The lowest BCUT2D eigenvalue weighted by Gasteiger charge is -2.30. The highest BCUT2D eigenvalue weighted by atomic mass is 32.1. The molecule has 6 nitrogen and oxygen atoms in total. The monoisotopic (exact) mass is 397 g/mol. The van der Waals surface area contributed by atoms with Gasteiger partial charge in [0.25, 0.3) is 0 Å². The summed E-state index contributed by atoms with van der Waals surface area (Å²) in [7, 11) is 2.11. The van der Waals surface area contributed by atoms with Crippen molar-refractivity contribution < 1.29 is 4.79 Å². The Morgan fingerprint density at radius 1 is 1.29 bits per heavy atom. The predicted octanol–water partition coefficient (Wildman–Crippen LogP) is 4.59. The average Bonchev–Trinajstić information content (AvgIpc) is 3.46. The number of nitriles is 1. The Labute approximate surface area is 170 Å². The molecule has 148 valence electrons. The largest absolute Gasteiger partial charge is 0.351 e.